The number of pyridine rings is 1. The van der Waals surface area contributed by atoms with E-state index in [1.807, 2.05) is 28.8 Å². The number of carbonyl (C=O) groups excluding carboxylic acids is 2. The van der Waals surface area contributed by atoms with Crippen LogP contribution in [-0.2, 0) is 30.7 Å². The van der Waals surface area contributed by atoms with E-state index >= 15 is 0 Å². The van der Waals surface area contributed by atoms with Gasteiger partial charge in [-0.05, 0) is 41.5 Å². The van der Waals surface area contributed by atoms with Gasteiger partial charge in [-0.1, -0.05) is 18.2 Å². The number of benzene rings is 1. The van der Waals surface area contributed by atoms with Gasteiger partial charge in [0, 0.05) is 50.7 Å². The Balaban J connectivity index is 1.38. The molecule has 3 aromatic rings. The smallest absolute Gasteiger partial charge is 0.268 e. The number of carbonyl (C=O) groups is 2. The molecule has 1 N–H and O–H groups in total. The fourth-order valence-corrected chi connectivity index (χ4v) is 3.73. The van der Waals surface area contributed by atoms with Crippen molar-refractivity contribution in [1.29, 1.82) is 0 Å². The third kappa shape index (κ3) is 4.56. The first kappa shape index (κ1) is 19.8. The van der Waals surface area contributed by atoms with E-state index in [0.717, 1.165) is 11.3 Å². The number of amides is 2. The van der Waals surface area contributed by atoms with E-state index in [-0.39, 0.29) is 24.1 Å². The van der Waals surface area contributed by atoms with Crippen LogP contribution in [0.5, 0.6) is 0 Å². The van der Waals surface area contributed by atoms with Crippen LogP contribution in [0, 0.1) is 5.82 Å². The first-order valence-corrected chi connectivity index (χ1v) is 9.98. The number of aromatic nitrogens is 2. The number of fused-ring (bicyclic) bond motifs is 1. The van der Waals surface area contributed by atoms with Crippen LogP contribution in [0.4, 0.5) is 4.39 Å². The molecule has 0 radical (unpaired) electrons. The van der Waals surface area contributed by atoms with Gasteiger partial charge in [0.15, 0.2) is 0 Å². The van der Waals surface area contributed by atoms with Gasteiger partial charge in [-0.25, -0.2) is 4.39 Å². The van der Waals surface area contributed by atoms with Gasteiger partial charge in [0.2, 0.25) is 5.91 Å². The van der Waals surface area contributed by atoms with Gasteiger partial charge in [-0.15, -0.1) is 0 Å². The van der Waals surface area contributed by atoms with Crippen molar-refractivity contribution in [3.8, 4) is 0 Å². The van der Waals surface area contributed by atoms with Crippen molar-refractivity contribution in [3.05, 3.63) is 89.3 Å². The summed E-state index contributed by atoms with van der Waals surface area (Å²) in [5, 5.41) is 2.93. The van der Waals surface area contributed by atoms with Gasteiger partial charge in [0.1, 0.15) is 11.5 Å². The average molecular weight is 406 g/mol. The van der Waals surface area contributed by atoms with Crippen LogP contribution in [0.25, 0.3) is 0 Å². The Kier molecular flexibility index (Phi) is 5.88. The third-order valence-corrected chi connectivity index (χ3v) is 5.31. The highest BCUT2D eigenvalue weighted by molar-refractivity contribution is 5.93. The maximum absolute atomic E-state index is 13.4. The summed E-state index contributed by atoms with van der Waals surface area (Å²) in [4.78, 5) is 31.2. The lowest BCUT2D eigenvalue weighted by Gasteiger charge is -2.20. The van der Waals surface area contributed by atoms with Crippen LogP contribution in [0.1, 0.15) is 27.3 Å². The molecule has 1 aromatic carbocycles. The minimum Gasteiger partial charge on any atom is -0.347 e. The third-order valence-electron chi connectivity index (χ3n) is 5.31. The van der Waals surface area contributed by atoms with E-state index in [0.29, 0.717) is 43.9 Å². The zero-order valence-corrected chi connectivity index (χ0v) is 16.6. The largest absolute Gasteiger partial charge is 0.347 e. The molecule has 0 atom stereocenters. The Morgan fingerprint density at radius 3 is 2.70 bits per heavy atom. The second-order valence-electron chi connectivity index (χ2n) is 7.34. The van der Waals surface area contributed by atoms with Gasteiger partial charge in [-0.2, -0.15) is 0 Å². The number of rotatable bonds is 5. The number of nitrogens with zero attached hydrogens (tertiary/aromatic N) is 3. The molecule has 0 bridgehead atoms. The van der Waals surface area contributed by atoms with E-state index in [1.165, 1.54) is 12.1 Å². The van der Waals surface area contributed by atoms with Gasteiger partial charge in [-0.3, -0.25) is 14.6 Å². The predicted molar refractivity (Wildman–Crippen MR) is 110 cm³/mol. The van der Waals surface area contributed by atoms with Crippen molar-refractivity contribution in [2.75, 3.05) is 13.1 Å². The molecule has 0 saturated heterocycles. The van der Waals surface area contributed by atoms with Gasteiger partial charge in [0.05, 0.1) is 6.42 Å². The normalized spacial score (nSPS) is 13.4. The molecule has 0 fully saturated rings. The molecule has 0 saturated carbocycles. The lowest BCUT2D eigenvalue weighted by molar-refractivity contribution is -0.130. The molecule has 7 heteroatoms. The number of hydrogen-bond donors (Lipinski definition) is 1. The van der Waals surface area contributed by atoms with Gasteiger partial charge >= 0.3 is 0 Å². The molecular weight excluding hydrogens is 383 g/mol. The molecular formula is C23H23FN4O2. The Labute approximate surface area is 174 Å². The van der Waals surface area contributed by atoms with Crippen LogP contribution in [0.2, 0.25) is 0 Å². The van der Waals surface area contributed by atoms with Crippen molar-refractivity contribution in [1.82, 2.24) is 19.8 Å². The summed E-state index contributed by atoms with van der Waals surface area (Å²) in [6.45, 7) is 2.05. The molecule has 154 valence electrons. The first-order valence-electron chi connectivity index (χ1n) is 9.98. The van der Waals surface area contributed by atoms with Crippen LogP contribution < -0.4 is 5.32 Å². The number of hydrogen-bond acceptors (Lipinski definition) is 3. The zero-order chi connectivity index (χ0) is 20.9. The fourth-order valence-electron chi connectivity index (χ4n) is 3.73. The molecule has 0 spiro atoms. The Morgan fingerprint density at radius 1 is 1.03 bits per heavy atom. The second kappa shape index (κ2) is 8.90. The molecule has 1 aliphatic rings. The molecule has 6 nitrogen and oxygen atoms in total. The highest BCUT2D eigenvalue weighted by atomic mass is 19.1. The minimum atomic E-state index is -0.339. The van der Waals surface area contributed by atoms with E-state index < -0.39 is 0 Å². The molecule has 0 unspecified atom stereocenters. The zero-order valence-electron chi connectivity index (χ0n) is 16.6. The summed E-state index contributed by atoms with van der Waals surface area (Å²) in [5.41, 5.74) is 3.22. The molecule has 2 aromatic heterocycles. The highest BCUT2D eigenvalue weighted by Crippen LogP contribution is 2.16. The number of halogens is 1. The topological polar surface area (TPSA) is 67.2 Å². The van der Waals surface area contributed by atoms with Crippen LogP contribution >= 0.6 is 0 Å². The summed E-state index contributed by atoms with van der Waals surface area (Å²) < 4.78 is 15.4. The van der Waals surface area contributed by atoms with Crippen molar-refractivity contribution in [3.63, 3.8) is 0 Å². The van der Waals surface area contributed by atoms with E-state index in [2.05, 4.69) is 10.3 Å². The summed E-state index contributed by atoms with van der Waals surface area (Å²) in [5.74, 6) is -0.521. The SMILES string of the molecule is O=C(NCc1cccnc1)c1ccc2n1CCN(C(=O)Cc1cccc(F)c1)CC2. The molecule has 3 heterocycles. The molecule has 2 amide bonds. The maximum Gasteiger partial charge on any atom is 0.268 e. The number of nitrogens with one attached hydrogen (secondary N) is 1. The summed E-state index contributed by atoms with van der Waals surface area (Å²) in [6, 6.07) is 13.7. The summed E-state index contributed by atoms with van der Waals surface area (Å²) in [7, 11) is 0. The predicted octanol–water partition coefficient (Wildman–Crippen LogP) is 2.58. The van der Waals surface area contributed by atoms with Crippen molar-refractivity contribution < 1.29 is 14.0 Å². The van der Waals surface area contributed by atoms with Crippen molar-refractivity contribution in [2.24, 2.45) is 0 Å². The van der Waals surface area contributed by atoms with Gasteiger partial charge < -0.3 is 14.8 Å². The molecule has 4 rings (SSSR count). The van der Waals surface area contributed by atoms with E-state index in [4.69, 9.17) is 0 Å². The molecule has 0 aliphatic carbocycles. The first-order chi connectivity index (χ1) is 14.6. The fraction of sp³-hybridized carbons (Fsp3) is 0.261. The second-order valence-corrected chi connectivity index (χ2v) is 7.34. The van der Waals surface area contributed by atoms with Crippen molar-refractivity contribution in [2.45, 2.75) is 25.9 Å². The maximum atomic E-state index is 13.4. The summed E-state index contributed by atoms with van der Waals surface area (Å²) >= 11 is 0. The van der Waals surface area contributed by atoms with Crippen LogP contribution in [0.15, 0.2) is 60.9 Å². The summed E-state index contributed by atoms with van der Waals surface area (Å²) in [6.07, 6.45) is 4.26. The monoisotopic (exact) mass is 406 g/mol. The Morgan fingerprint density at radius 2 is 1.90 bits per heavy atom. The quantitative estimate of drug-likeness (QED) is 0.708. The van der Waals surface area contributed by atoms with Crippen molar-refractivity contribution >= 4 is 11.8 Å². The van der Waals surface area contributed by atoms with E-state index in [9.17, 15) is 14.0 Å². The molecule has 1 aliphatic heterocycles. The minimum absolute atomic E-state index is 0.0334. The van der Waals surface area contributed by atoms with E-state index in [1.54, 1.807) is 29.4 Å². The van der Waals surface area contributed by atoms with Crippen LogP contribution in [0.3, 0.4) is 0 Å². The highest BCUT2D eigenvalue weighted by Gasteiger charge is 2.22. The standard InChI is InChI=1S/C23H23FN4O2/c24-19-5-1-3-17(13-19)14-22(29)27-10-8-20-6-7-21(28(20)12-11-27)23(30)26-16-18-4-2-9-25-15-18/h1-7,9,13,15H,8,10-12,14,16H2,(H,26,30). The Bertz CT molecular complexity index is 1050. The molecule has 30 heavy (non-hydrogen) atoms. The lowest BCUT2D eigenvalue weighted by atomic mass is 10.1. The average Bonchev–Trinajstić information content (AvgIpc) is 3.04. The van der Waals surface area contributed by atoms with Gasteiger partial charge in [0.25, 0.3) is 5.91 Å². The Hall–Kier alpha value is -3.48. The lowest BCUT2D eigenvalue weighted by Crippen LogP contribution is -2.35. The van der Waals surface area contributed by atoms with Crippen LogP contribution in [-0.4, -0.2) is 39.4 Å².